The summed E-state index contributed by atoms with van der Waals surface area (Å²) in [5, 5.41) is 0. The van der Waals surface area contributed by atoms with Crippen LogP contribution in [-0.4, -0.2) is 0 Å². The SMILES string of the molecule is [CH2]C(C)CCCCCCC=C. The van der Waals surface area contributed by atoms with Crippen LogP contribution in [0.4, 0.5) is 0 Å². The van der Waals surface area contributed by atoms with E-state index in [1.54, 1.807) is 0 Å². The number of hydrogen-bond donors (Lipinski definition) is 0. The molecule has 0 bridgehead atoms. The molecule has 0 fully saturated rings. The fourth-order valence-corrected chi connectivity index (χ4v) is 1.14. The smallest absolute Gasteiger partial charge is 0.0353 e. The Labute approximate surface area is 71.7 Å². The molecule has 0 aliphatic heterocycles. The maximum absolute atomic E-state index is 3.96. The van der Waals surface area contributed by atoms with Gasteiger partial charge in [0.2, 0.25) is 0 Å². The van der Waals surface area contributed by atoms with E-state index in [-0.39, 0.29) is 0 Å². The molecule has 11 heavy (non-hydrogen) atoms. The number of allylic oxidation sites excluding steroid dienone is 1. The molecule has 0 aliphatic rings. The van der Waals surface area contributed by atoms with Gasteiger partial charge in [-0.25, -0.2) is 0 Å². The molecule has 0 aromatic carbocycles. The van der Waals surface area contributed by atoms with E-state index in [1.807, 2.05) is 6.08 Å². The van der Waals surface area contributed by atoms with Gasteiger partial charge in [0.25, 0.3) is 0 Å². The van der Waals surface area contributed by atoms with Crippen molar-refractivity contribution in [2.75, 3.05) is 0 Å². The predicted octanol–water partition coefficient (Wildman–Crippen LogP) is 3.98. The summed E-state index contributed by atoms with van der Waals surface area (Å²) in [6.45, 7) is 9.84. The zero-order valence-electron chi connectivity index (χ0n) is 7.81. The minimum atomic E-state index is 0.634. The van der Waals surface area contributed by atoms with Gasteiger partial charge < -0.3 is 0 Å². The van der Waals surface area contributed by atoms with Crippen LogP contribution in [0.15, 0.2) is 12.7 Å². The van der Waals surface area contributed by atoms with Gasteiger partial charge in [0.1, 0.15) is 0 Å². The van der Waals surface area contributed by atoms with Gasteiger partial charge in [0.05, 0.1) is 0 Å². The van der Waals surface area contributed by atoms with Crippen LogP contribution >= 0.6 is 0 Å². The Bertz CT molecular complexity index is 82.0. The molecular formula is C11H21. The molecule has 0 spiro atoms. The highest BCUT2D eigenvalue weighted by atomic mass is 14.0. The molecule has 1 atom stereocenters. The van der Waals surface area contributed by atoms with Crippen molar-refractivity contribution in [3.05, 3.63) is 19.6 Å². The molecular weight excluding hydrogens is 132 g/mol. The normalized spacial score (nSPS) is 10.5. The topological polar surface area (TPSA) is 0 Å². The average molecular weight is 153 g/mol. The third kappa shape index (κ3) is 9.74. The molecule has 0 aromatic heterocycles. The second-order valence-electron chi connectivity index (χ2n) is 3.39. The van der Waals surface area contributed by atoms with Crippen molar-refractivity contribution >= 4 is 0 Å². The molecule has 0 heterocycles. The summed E-state index contributed by atoms with van der Waals surface area (Å²) in [4.78, 5) is 0. The second-order valence-corrected chi connectivity index (χ2v) is 3.39. The van der Waals surface area contributed by atoms with Gasteiger partial charge in [-0.2, -0.15) is 0 Å². The van der Waals surface area contributed by atoms with E-state index >= 15 is 0 Å². The van der Waals surface area contributed by atoms with Crippen molar-refractivity contribution < 1.29 is 0 Å². The second kappa shape index (κ2) is 7.84. The van der Waals surface area contributed by atoms with Gasteiger partial charge in [-0.3, -0.25) is 0 Å². The maximum atomic E-state index is 3.96. The summed E-state index contributed by atoms with van der Waals surface area (Å²) in [6.07, 6.45) is 9.86. The van der Waals surface area contributed by atoms with Crippen LogP contribution in [0.5, 0.6) is 0 Å². The fraction of sp³-hybridized carbons (Fsp3) is 0.727. The first kappa shape index (κ1) is 10.7. The van der Waals surface area contributed by atoms with Crippen LogP contribution in [0, 0.1) is 12.8 Å². The Morgan fingerprint density at radius 1 is 1.18 bits per heavy atom. The van der Waals surface area contributed by atoms with Crippen LogP contribution in [0.3, 0.4) is 0 Å². The molecule has 1 radical (unpaired) electrons. The lowest BCUT2D eigenvalue weighted by molar-refractivity contribution is 0.553. The van der Waals surface area contributed by atoms with Crippen molar-refractivity contribution in [3.8, 4) is 0 Å². The van der Waals surface area contributed by atoms with Crippen molar-refractivity contribution in [2.24, 2.45) is 5.92 Å². The number of unbranched alkanes of at least 4 members (excludes halogenated alkanes) is 4. The van der Waals surface area contributed by atoms with E-state index in [2.05, 4.69) is 20.4 Å². The zero-order chi connectivity index (χ0) is 8.53. The van der Waals surface area contributed by atoms with Crippen molar-refractivity contribution in [2.45, 2.75) is 45.4 Å². The van der Waals surface area contributed by atoms with Crippen LogP contribution in [0.1, 0.15) is 45.4 Å². The number of rotatable bonds is 7. The first-order valence-corrected chi connectivity index (χ1v) is 4.71. The Morgan fingerprint density at radius 2 is 1.82 bits per heavy atom. The van der Waals surface area contributed by atoms with Gasteiger partial charge in [-0.15, -0.1) is 6.58 Å². The lowest BCUT2D eigenvalue weighted by Crippen LogP contribution is -1.87. The van der Waals surface area contributed by atoms with E-state index in [9.17, 15) is 0 Å². The summed E-state index contributed by atoms with van der Waals surface area (Å²) in [7, 11) is 0. The van der Waals surface area contributed by atoms with E-state index in [0.29, 0.717) is 5.92 Å². The molecule has 0 aliphatic carbocycles. The summed E-state index contributed by atoms with van der Waals surface area (Å²) in [5.41, 5.74) is 0. The van der Waals surface area contributed by atoms with Crippen LogP contribution in [-0.2, 0) is 0 Å². The van der Waals surface area contributed by atoms with Gasteiger partial charge in [0, 0.05) is 0 Å². The van der Waals surface area contributed by atoms with E-state index < -0.39 is 0 Å². The highest BCUT2D eigenvalue weighted by Crippen LogP contribution is 2.09. The molecule has 0 nitrogen and oxygen atoms in total. The minimum absolute atomic E-state index is 0.634. The molecule has 65 valence electrons. The third-order valence-corrected chi connectivity index (χ3v) is 1.86. The largest absolute Gasteiger partial charge is 0.103 e. The molecule has 1 unspecified atom stereocenters. The lowest BCUT2D eigenvalue weighted by Gasteiger charge is -2.02. The molecule has 0 rings (SSSR count). The summed E-state index contributed by atoms with van der Waals surface area (Å²) in [6, 6.07) is 0. The summed E-state index contributed by atoms with van der Waals surface area (Å²) >= 11 is 0. The summed E-state index contributed by atoms with van der Waals surface area (Å²) in [5.74, 6) is 0.634. The molecule has 0 saturated heterocycles. The first-order chi connectivity index (χ1) is 5.27. The monoisotopic (exact) mass is 153 g/mol. The maximum Gasteiger partial charge on any atom is -0.0353 e. The highest BCUT2D eigenvalue weighted by Gasteiger charge is 1.93. The Hall–Kier alpha value is -0.260. The van der Waals surface area contributed by atoms with Gasteiger partial charge >= 0.3 is 0 Å². The Kier molecular flexibility index (Phi) is 7.66. The van der Waals surface area contributed by atoms with Gasteiger partial charge in [-0.05, 0) is 18.8 Å². The predicted molar refractivity (Wildman–Crippen MR) is 52.4 cm³/mol. The lowest BCUT2D eigenvalue weighted by atomic mass is 10.0. The van der Waals surface area contributed by atoms with Gasteiger partial charge in [0.15, 0.2) is 0 Å². The van der Waals surface area contributed by atoms with Crippen LogP contribution in [0.25, 0.3) is 0 Å². The van der Waals surface area contributed by atoms with Crippen LogP contribution < -0.4 is 0 Å². The third-order valence-electron chi connectivity index (χ3n) is 1.86. The fourth-order valence-electron chi connectivity index (χ4n) is 1.14. The number of hydrogen-bond acceptors (Lipinski definition) is 0. The first-order valence-electron chi connectivity index (χ1n) is 4.71. The molecule has 0 amide bonds. The standard InChI is InChI=1S/C11H21/c1-4-5-6-7-8-9-10-11(2)3/h4,11H,1-2,5-10H2,3H3. The van der Waals surface area contributed by atoms with Crippen LogP contribution in [0.2, 0.25) is 0 Å². The molecule has 0 heteroatoms. The Balaban J connectivity index is 2.85. The highest BCUT2D eigenvalue weighted by molar-refractivity contribution is 4.65. The molecule has 0 aromatic rings. The van der Waals surface area contributed by atoms with E-state index in [0.717, 1.165) is 0 Å². The van der Waals surface area contributed by atoms with E-state index in [1.165, 1.54) is 38.5 Å². The van der Waals surface area contributed by atoms with E-state index in [4.69, 9.17) is 0 Å². The molecule has 0 N–H and O–H groups in total. The van der Waals surface area contributed by atoms with Crippen molar-refractivity contribution in [1.29, 1.82) is 0 Å². The quantitative estimate of drug-likeness (QED) is 0.383. The Morgan fingerprint density at radius 3 is 2.36 bits per heavy atom. The average Bonchev–Trinajstić information content (AvgIpc) is 1.96. The summed E-state index contributed by atoms with van der Waals surface area (Å²) < 4.78 is 0. The molecule has 0 saturated carbocycles. The van der Waals surface area contributed by atoms with Crippen molar-refractivity contribution in [1.82, 2.24) is 0 Å². The zero-order valence-corrected chi connectivity index (χ0v) is 7.81. The minimum Gasteiger partial charge on any atom is -0.103 e. The van der Waals surface area contributed by atoms with Gasteiger partial charge in [-0.1, -0.05) is 45.6 Å². The van der Waals surface area contributed by atoms with Crippen molar-refractivity contribution in [3.63, 3.8) is 0 Å².